The van der Waals surface area contributed by atoms with Crippen LogP contribution in [0.4, 0.5) is 17.1 Å². The molecule has 9 aromatic rings. The minimum Gasteiger partial charge on any atom is -0.310 e. The number of nitrogens with zero attached hydrogens (tertiary/aromatic N) is 1. The van der Waals surface area contributed by atoms with Gasteiger partial charge in [-0.05, 0) is 102 Å². The molecule has 0 fully saturated rings. The minimum atomic E-state index is -0.696. The first-order chi connectivity index (χ1) is 29.3. The number of hydrogen-bond donors (Lipinski definition) is 0. The third-order valence-corrected chi connectivity index (χ3v) is 8.68. The molecule has 0 radical (unpaired) electrons. The van der Waals surface area contributed by atoms with Crippen LogP contribution in [0.15, 0.2) is 200 Å². The highest BCUT2D eigenvalue weighted by molar-refractivity contribution is 6.00. The van der Waals surface area contributed by atoms with Crippen LogP contribution in [0.25, 0.3) is 65.7 Å². The lowest BCUT2D eigenvalue weighted by Gasteiger charge is -2.27. The molecule has 0 amide bonds. The number of benzene rings is 9. The van der Waals surface area contributed by atoms with Crippen molar-refractivity contribution in [3.05, 3.63) is 200 Å². The van der Waals surface area contributed by atoms with Crippen molar-refractivity contribution < 1.29 is 16.4 Å². The first-order valence-corrected chi connectivity index (χ1v) is 15.9. The lowest BCUT2D eigenvalue weighted by Crippen LogP contribution is -2.10. The maximum Gasteiger partial charge on any atom is 0.0651 e. The van der Waals surface area contributed by atoms with Gasteiger partial charge < -0.3 is 4.90 Å². The monoisotopic (exact) mass is 635 g/mol. The van der Waals surface area contributed by atoms with Gasteiger partial charge in [-0.1, -0.05) is 164 Å². The van der Waals surface area contributed by atoms with Crippen LogP contribution in [0.5, 0.6) is 0 Å². The second-order valence-corrected chi connectivity index (χ2v) is 11.6. The lowest BCUT2D eigenvalue weighted by atomic mass is 9.96. The van der Waals surface area contributed by atoms with Crippen molar-refractivity contribution in [1.29, 1.82) is 0 Å². The van der Waals surface area contributed by atoms with E-state index in [0.29, 0.717) is 32.8 Å². The normalized spacial score (nSPS) is 14.7. The van der Waals surface area contributed by atoms with Crippen LogP contribution in [-0.2, 0) is 0 Å². The Bertz CT molecular complexity index is 2940. The molecule has 1 heteroatoms. The van der Waals surface area contributed by atoms with Crippen molar-refractivity contribution in [2.45, 2.75) is 0 Å². The standard InChI is InChI=1S/C48H33N/c1-4-25-43-34(13-1)16-10-28-46(43)37-19-7-22-40(31-37)49(41-23-8-20-38(32-41)47-29-11-17-35-14-2-5-26-44(35)47)42-24-9-21-39(33-42)48-30-12-18-36-15-3-6-27-45(36)48/h1-33H/i7D,8D,9D,19D,20D,21D,22D,23D,24D,31D,32D,33D. The molecule has 0 aliphatic carbocycles. The van der Waals surface area contributed by atoms with Gasteiger partial charge in [0.25, 0.3) is 0 Å². The Kier molecular flexibility index (Phi) is 4.71. The van der Waals surface area contributed by atoms with Gasteiger partial charge in [0.1, 0.15) is 0 Å². The second kappa shape index (κ2) is 12.3. The first-order valence-electron chi connectivity index (χ1n) is 21.9. The van der Waals surface area contributed by atoms with Crippen LogP contribution >= 0.6 is 0 Å². The van der Waals surface area contributed by atoms with E-state index in [9.17, 15) is 16.4 Å². The van der Waals surface area contributed by atoms with E-state index in [-0.39, 0.29) is 16.7 Å². The van der Waals surface area contributed by atoms with Crippen LogP contribution in [0, 0.1) is 0 Å². The molecule has 0 bridgehead atoms. The topological polar surface area (TPSA) is 3.24 Å². The smallest absolute Gasteiger partial charge is 0.0651 e. The molecule has 0 atom stereocenters. The summed E-state index contributed by atoms with van der Waals surface area (Å²) in [5, 5.41) is 4.25. The fourth-order valence-electron chi connectivity index (χ4n) is 6.41. The Morgan fingerprint density at radius 3 is 0.980 bits per heavy atom. The molecule has 0 aromatic heterocycles. The molecule has 0 aliphatic rings. The van der Waals surface area contributed by atoms with E-state index in [2.05, 4.69) is 0 Å². The Morgan fingerprint density at radius 2 is 0.633 bits per heavy atom. The number of anilines is 3. The van der Waals surface area contributed by atoms with E-state index in [4.69, 9.17) is 0 Å². The Morgan fingerprint density at radius 1 is 0.327 bits per heavy atom. The first kappa shape index (κ1) is 18.8. The lowest BCUT2D eigenvalue weighted by molar-refractivity contribution is 1.28. The summed E-state index contributed by atoms with van der Waals surface area (Å²) in [6.07, 6.45) is 0. The highest BCUT2D eigenvalue weighted by atomic mass is 15.1. The van der Waals surface area contributed by atoms with Gasteiger partial charge in [0, 0.05) is 17.1 Å². The predicted molar refractivity (Wildman–Crippen MR) is 210 cm³/mol. The summed E-state index contributed by atoms with van der Waals surface area (Å²) in [4.78, 5) is 0.990. The Hall–Kier alpha value is -6.44. The van der Waals surface area contributed by atoms with Crippen LogP contribution in [0.1, 0.15) is 16.4 Å². The molecule has 0 saturated carbocycles. The van der Waals surface area contributed by atoms with Crippen molar-refractivity contribution in [2.24, 2.45) is 0 Å². The summed E-state index contributed by atoms with van der Waals surface area (Å²) in [5.74, 6) is 0. The maximum absolute atomic E-state index is 9.91. The zero-order chi connectivity index (χ0) is 43.0. The van der Waals surface area contributed by atoms with Crippen LogP contribution in [0.2, 0.25) is 0 Å². The van der Waals surface area contributed by atoms with Gasteiger partial charge in [0.05, 0.1) is 16.4 Å². The van der Waals surface area contributed by atoms with Gasteiger partial charge >= 0.3 is 0 Å². The van der Waals surface area contributed by atoms with E-state index in [1.807, 2.05) is 54.6 Å². The predicted octanol–water partition coefficient (Wildman–Crippen LogP) is 13.6. The van der Waals surface area contributed by atoms with Gasteiger partial charge in [0.2, 0.25) is 0 Å². The van der Waals surface area contributed by atoms with E-state index >= 15 is 0 Å². The largest absolute Gasteiger partial charge is 0.310 e. The third-order valence-electron chi connectivity index (χ3n) is 8.68. The van der Waals surface area contributed by atoms with E-state index in [1.54, 1.807) is 72.8 Å². The highest BCUT2D eigenvalue weighted by Crippen LogP contribution is 2.41. The third kappa shape index (κ3) is 5.32. The quantitative estimate of drug-likeness (QED) is 0.176. The van der Waals surface area contributed by atoms with E-state index in [1.165, 1.54) is 0 Å². The highest BCUT2D eigenvalue weighted by Gasteiger charge is 2.17. The molecule has 0 spiro atoms. The summed E-state index contributed by atoms with van der Waals surface area (Å²) < 4.78 is 113. The van der Waals surface area contributed by atoms with Gasteiger partial charge in [-0.15, -0.1) is 0 Å². The van der Waals surface area contributed by atoms with Crippen molar-refractivity contribution in [3.8, 4) is 33.4 Å². The van der Waals surface area contributed by atoms with Crippen molar-refractivity contribution >= 4 is 49.4 Å². The molecule has 0 aliphatic heterocycles. The summed E-state index contributed by atoms with van der Waals surface area (Å²) >= 11 is 0. The second-order valence-electron chi connectivity index (χ2n) is 11.6. The average molecular weight is 636 g/mol. The van der Waals surface area contributed by atoms with Crippen LogP contribution in [-0.4, -0.2) is 0 Å². The molecule has 9 rings (SSSR count). The molecule has 230 valence electrons. The van der Waals surface area contributed by atoms with Gasteiger partial charge in [-0.2, -0.15) is 0 Å². The zero-order valence-electron chi connectivity index (χ0n) is 38.1. The molecule has 49 heavy (non-hydrogen) atoms. The van der Waals surface area contributed by atoms with E-state index in [0.717, 1.165) is 21.1 Å². The summed E-state index contributed by atoms with van der Waals surface area (Å²) in [6, 6.07) is 31.0. The number of hydrogen-bond acceptors (Lipinski definition) is 1. The molecule has 0 N–H and O–H groups in total. The SMILES string of the molecule is [2H]c1c([2H])c(-c2cccc3ccccc23)c([2H])c(N(c2c([2H])c([2H])c([2H])c(-c3cccc4ccccc34)c2[2H])c2c([2H])c([2H])c([2H])c(-c3cccc4ccccc34)c2[2H])c1[2H]. The molecule has 0 saturated heterocycles. The Balaban J connectivity index is 1.48. The minimum absolute atomic E-state index is 0.0658. The summed E-state index contributed by atoms with van der Waals surface area (Å²) in [7, 11) is 0. The summed E-state index contributed by atoms with van der Waals surface area (Å²) in [5.41, 5.74) is -0.474. The Labute approximate surface area is 303 Å². The number of rotatable bonds is 6. The zero-order valence-corrected chi connectivity index (χ0v) is 26.1. The molecular weight excluding hydrogens is 591 g/mol. The molecular formula is C48H33N. The average Bonchev–Trinajstić information content (AvgIpc) is 3.27. The van der Waals surface area contributed by atoms with Gasteiger partial charge in [-0.3, -0.25) is 0 Å². The van der Waals surface area contributed by atoms with Crippen LogP contribution < -0.4 is 4.90 Å². The van der Waals surface area contributed by atoms with Crippen molar-refractivity contribution in [2.75, 3.05) is 4.90 Å². The molecule has 0 unspecified atom stereocenters. The van der Waals surface area contributed by atoms with Gasteiger partial charge in [-0.25, -0.2) is 0 Å². The number of fused-ring (bicyclic) bond motifs is 3. The van der Waals surface area contributed by atoms with Crippen molar-refractivity contribution in [1.82, 2.24) is 0 Å². The van der Waals surface area contributed by atoms with Gasteiger partial charge in [0.15, 0.2) is 0 Å². The van der Waals surface area contributed by atoms with E-state index < -0.39 is 89.6 Å². The fraction of sp³-hybridized carbons (Fsp3) is 0. The summed E-state index contributed by atoms with van der Waals surface area (Å²) in [6.45, 7) is 0. The molecule has 0 heterocycles. The fourth-order valence-corrected chi connectivity index (χ4v) is 6.41. The van der Waals surface area contributed by atoms with Crippen molar-refractivity contribution in [3.63, 3.8) is 0 Å². The van der Waals surface area contributed by atoms with Crippen LogP contribution in [0.3, 0.4) is 0 Å². The molecule has 1 nitrogen and oxygen atoms in total. The maximum atomic E-state index is 9.91. The molecule has 9 aromatic carbocycles.